The summed E-state index contributed by atoms with van der Waals surface area (Å²) >= 11 is 2.68. The van der Waals surface area contributed by atoms with Gasteiger partial charge in [0.1, 0.15) is 11.1 Å². The quantitative estimate of drug-likeness (QED) is 0.841. The monoisotopic (exact) mass is 294 g/mol. The number of thiophene rings is 1. The number of carbonyl (C=O) groups excluding carboxylic acids is 2. The summed E-state index contributed by atoms with van der Waals surface area (Å²) in [4.78, 5) is 25.9. The van der Waals surface area contributed by atoms with Crippen molar-refractivity contribution in [1.82, 2.24) is 0 Å². The van der Waals surface area contributed by atoms with E-state index >= 15 is 0 Å². The molecule has 1 aromatic rings. The molecule has 1 aliphatic rings. The molecule has 0 bridgehead atoms. The van der Waals surface area contributed by atoms with E-state index in [9.17, 15) is 14.9 Å². The fourth-order valence-electron chi connectivity index (χ4n) is 2.12. The van der Waals surface area contributed by atoms with Gasteiger partial charge in [-0.25, -0.2) is 0 Å². The van der Waals surface area contributed by atoms with Gasteiger partial charge in [0.05, 0.1) is 5.56 Å². The Morgan fingerprint density at radius 3 is 2.79 bits per heavy atom. The third-order valence-electron chi connectivity index (χ3n) is 3.15. The van der Waals surface area contributed by atoms with E-state index in [4.69, 9.17) is 0 Å². The highest BCUT2D eigenvalue weighted by molar-refractivity contribution is 8.14. The van der Waals surface area contributed by atoms with Gasteiger partial charge >= 0.3 is 0 Å². The van der Waals surface area contributed by atoms with Gasteiger partial charge in [-0.05, 0) is 19.4 Å². The second-order valence-electron chi connectivity index (χ2n) is 4.52. The van der Waals surface area contributed by atoms with Gasteiger partial charge in [-0.15, -0.1) is 11.3 Å². The number of nitrogens with zero attached hydrogens (tertiary/aromatic N) is 2. The van der Waals surface area contributed by atoms with E-state index in [1.54, 1.807) is 4.90 Å². The lowest BCUT2D eigenvalue weighted by Gasteiger charge is -2.14. The van der Waals surface area contributed by atoms with E-state index in [1.807, 2.05) is 13.8 Å². The van der Waals surface area contributed by atoms with Gasteiger partial charge in [-0.3, -0.25) is 9.59 Å². The first-order valence-electron chi connectivity index (χ1n) is 5.91. The maximum atomic E-state index is 12.1. The zero-order valence-corrected chi connectivity index (χ0v) is 12.7. The molecule has 19 heavy (non-hydrogen) atoms. The molecule has 0 aliphatic carbocycles. The van der Waals surface area contributed by atoms with Crippen LogP contribution in [0.5, 0.6) is 0 Å². The maximum Gasteiger partial charge on any atom is 0.228 e. The molecular formula is C13H14N2O2S2. The van der Waals surface area contributed by atoms with Gasteiger partial charge in [-0.1, -0.05) is 11.8 Å². The topological polar surface area (TPSA) is 61.2 Å². The molecule has 1 aliphatic heterocycles. The highest BCUT2D eigenvalue weighted by atomic mass is 32.2. The van der Waals surface area contributed by atoms with Gasteiger partial charge < -0.3 is 4.90 Å². The molecule has 1 unspecified atom stereocenters. The number of rotatable bonds is 2. The van der Waals surface area contributed by atoms with E-state index in [2.05, 4.69) is 6.07 Å². The molecule has 2 heterocycles. The summed E-state index contributed by atoms with van der Waals surface area (Å²) in [6, 6.07) is 2.18. The number of thioether (sulfide) groups is 1. The van der Waals surface area contributed by atoms with Crippen molar-refractivity contribution in [3.05, 3.63) is 16.0 Å². The standard InChI is InChI=1S/C13H14N2O2S2/c1-7-8(2)18-13(11(7)5-14)15-6-10(4-12(15)17)19-9(3)16/h10H,4,6H2,1-3H3. The van der Waals surface area contributed by atoms with E-state index in [0.717, 1.165) is 15.4 Å². The minimum atomic E-state index is -0.00324. The number of anilines is 1. The lowest BCUT2D eigenvalue weighted by atomic mass is 10.2. The second-order valence-corrected chi connectivity index (χ2v) is 7.20. The van der Waals surface area contributed by atoms with E-state index in [1.165, 1.54) is 30.0 Å². The highest BCUT2D eigenvalue weighted by Crippen LogP contribution is 2.38. The summed E-state index contributed by atoms with van der Waals surface area (Å²) < 4.78 is 0. The first-order chi connectivity index (χ1) is 8.93. The van der Waals surface area contributed by atoms with Crippen molar-refractivity contribution in [3.8, 4) is 6.07 Å². The second kappa shape index (κ2) is 5.35. The lowest BCUT2D eigenvalue weighted by Crippen LogP contribution is -2.24. The summed E-state index contributed by atoms with van der Waals surface area (Å²) in [6.07, 6.45) is 0.366. The van der Waals surface area contributed by atoms with E-state index in [0.29, 0.717) is 18.5 Å². The van der Waals surface area contributed by atoms with Crippen molar-refractivity contribution in [2.24, 2.45) is 0 Å². The Kier molecular flexibility index (Phi) is 3.97. The maximum absolute atomic E-state index is 12.1. The number of amides is 1. The summed E-state index contributed by atoms with van der Waals surface area (Å²) in [5, 5.41) is 9.99. The van der Waals surface area contributed by atoms with Crippen LogP contribution in [0.25, 0.3) is 0 Å². The number of nitriles is 1. The third-order valence-corrected chi connectivity index (χ3v) is 5.36. The Balaban J connectivity index is 2.29. The van der Waals surface area contributed by atoms with Crippen LogP contribution in [0.2, 0.25) is 0 Å². The molecular weight excluding hydrogens is 280 g/mol. The van der Waals surface area contributed by atoms with Crippen LogP contribution < -0.4 is 4.90 Å². The van der Waals surface area contributed by atoms with Crippen molar-refractivity contribution >= 4 is 39.1 Å². The molecule has 100 valence electrons. The first-order valence-corrected chi connectivity index (χ1v) is 7.61. The van der Waals surface area contributed by atoms with Crippen LogP contribution in [0, 0.1) is 25.2 Å². The molecule has 1 atom stereocenters. The Morgan fingerprint density at radius 1 is 1.53 bits per heavy atom. The number of aryl methyl sites for hydroxylation is 1. The molecule has 1 fully saturated rings. The molecule has 0 N–H and O–H groups in total. The molecule has 2 rings (SSSR count). The van der Waals surface area contributed by atoms with Gasteiger partial charge in [0.25, 0.3) is 0 Å². The van der Waals surface area contributed by atoms with Crippen LogP contribution in [-0.4, -0.2) is 22.8 Å². The SMILES string of the molecule is CC(=O)SC1CC(=O)N(c2sc(C)c(C)c2C#N)C1. The normalized spacial score (nSPS) is 18.7. The first kappa shape index (κ1) is 14.1. The molecule has 0 saturated carbocycles. The summed E-state index contributed by atoms with van der Waals surface area (Å²) in [5.41, 5.74) is 1.53. The highest BCUT2D eigenvalue weighted by Gasteiger charge is 2.34. The molecule has 4 nitrogen and oxygen atoms in total. The van der Waals surface area contributed by atoms with Crippen molar-refractivity contribution in [2.75, 3.05) is 11.4 Å². The third kappa shape index (κ3) is 2.67. The van der Waals surface area contributed by atoms with Crippen LogP contribution in [0.1, 0.15) is 29.3 Å². The fourth-order valence-corrected chi connectivity index (χ4v) is 4.17. The smallest absolute Gasteiger partial charge is 0.228 e. The van der Waals surface area contributed by atoms with E-state index < -0.39 is 0 Å². The number of hydrogen-bond acceptors (Lipinski definition) is 5. The molecule has 0 aromatic carbocycles. The van der Waals surface area contributed by atoms with Gasteiger partial charge in [0.15, 0.2) is 5.12 Å². The van der Waals surface area contributed by atoms with Crippen LogP contribution in [0.3, 0.4) is 0 Å². The molecule has 1 amide bonds. The Bertz CT molecular complexity index is 586. The van der Waals surface area contributed by atoms with Crippen molar-refractivity contribution in [3.63, 3.8) is 0 Å². The molecule has 1 saturated heterocycles. The average Bonchev–Trinajstić information content (AvgIpc) is 2.80. The largest absolute Gasteiger partial charge is 0.302 e. The summed E-state index contributed by atoms with van der Waals surface area (Å²) in [5.74, 6) is -0.00324. The van der Waals surface area contributed by atoms with Gasteiger partial charge in [0.2, 0.25) is 5.91 Å². The summed E-state index contributed by atoms with van der Waals surface area (Å²) in [6.45, 7) is 5.87. The molecule has 0 radical (unpaired) electrons. The Hall–Kier alpha value is -1.32. The fraction of sp³-hybridized carbons (Fsp3) is 0.462. The van der Waals surface area contributed by atoms with Crippen LogP contribution in [-0.2, 0) is 9.59 Å². The Labute approximate surface area is 120 Å². The predicted octanol–water partition coefficient (Wildman–Crippen LogP) is 2.62. The van der Waals surface area contributed by atoms with Crippen LogP contribution in [0.15, 0.2) is 0 Å². The molecule has 6 heteroatoms. The predicted molar refractivity (Wildman–Crippen MR) is 77.5 cm³/mol. The van der Waals surface area contributed by atoms with E-state index in [-0.39, 0.29) is 16.3 Å². The van der Waals surface area contributed by atoms with Gasteiger partial charge in [0, 0.05) is 30.0 Å². The Morgan fingerprint density at radius 2 is 2.21 bits per heavy atom. The minimum Gasteiger partial charge on any atom is -0.302 e. The lowest BCUT2D eigenvalue weighted by molar-refractivity contribution is -0.117. The molecule has 0 spiro atoms. The molecule has 1 aromatic heterocycles. The summed E-state index contributed by atoms with van der Waals surface area (Å²) in [7, 11) is 0. The van der Waals surface area contributed by atoms with Gasteiger partial charge in [-0.2, -0.15) is 5.26 Å². The van der Waals surface area contributed by atoms with Crippen LogP contribution >= 0.6 is 23.1 Å². The van der Waals surface area contributed by atoms with Crippen LogP contribution in [0.4, 0.5) is 5.00 Å². The average molecular weight is 294 g/mol. The number of hydrogen-bond donors (Lipinski definition) is 0. The number of carbonyl (C=O) groups is 2. The zero-order chi connectivity index (χ0) is 14.2. The van der Waals surface area contributed by atoms with Crippen molar-refractivity contribution in [1.29, 1.82) is 5.26 Å². The zero-order valence-electron chi connectivity index (χ0n) is 11.0. The van der Waals surface area contributed by atoms with Crippen molar-refractivity contribution < 1.29 is 9.59 Å². The van der Waals surface area contributed by atoms with Crippen molar-refractivity contribution in [2.45, 2.75) is 32.4 Å². The minimum absolute atomic E-state index is 0.000690.